The molecule has 1 amide bonds. The Balaban J connectivity index is 1.24. The van der Waals surface area contributed by atoms with Gasteiger partial charge in [0.1, 0.15) is 6.54 Å². The van der Waals surface area contributed by atoms with Crippen molar-refractivity contribution in [2.24, 2.45) is 0 Å². The number of hydrogen-bond donors (Lipinski definition) is 1. The molecule has 0 spiro atoms. The van der Waals surface area contributed by atoms with Crippen molar-refractivity contribution >= 4 is 29.1 Å². The van der Waals surface area contributed by atoms with Gasteiger partial charge in [-0.1, -0.05) is 54.6 Å². The molecule has 4 aromatic rings. The average Bonchev–Trinajstić information content (AvgIpc) is 3.26. The number of rotatable bonds is 6. The average molecular weight is 483 g/mol. The van der Waals surface area contributed by atoms with Gasteiger partial charge >= 0.3 is 11.7 Å². The molecule has 0 radical (unpaired) electrons. The molecule has 36 heavy (non-hydrogen) atoms. The van der Waals surface area contributed by atoms with Crippen LogP contribution >= 0.6 is 0 Å². The van der Waals surface area contributed by atoms with Crippen LogP contribution in [0.4, 0.5) is 5.69 Å². The first-order valence-electron chi connectivity index (χ1n) is 10.8. The first-order chi connectivity index (χ1) is 17.4. The largest absolute Gasteiger partial charge is 0.454 e. The van der Waals surface area contributed by atoms with E-state index < -0.39 is 36.6 Å². The van der Waals surface area contributed by atoms with Crippen molar-refractivity contribution in [3.8, 4) is 11.5 Å². The Kier molecular flexibility index (Phi) is 5.83. The zero-order chi connectivity index (χ0) is 25.2. The van der Waals surface area contributed by atoms with E-state index in [2.05, 4.69) is 10.4 Å². The van der Waals surface area contributed by atoms with Gasteiger partial charge in [0.15, 0.2) is 18.2 Å². The number of fused-ring (bicyclic) bond motifs is 2. The molecular weight excluding hydrogens is 466 g/mol. The second kappa shape index (κ2) is 9.26. The van der Waals surface area contributed by atoms with E-state index >= 15 is 0 Å². The Bertz CT molecular complexity index is 1580. The van der Waals surface area contributed by atoms with Crippen molar-refractivity contribution in [3.63, 3.8) is 0 Å². The Morgan fingerprint density at radius 2 is 1.50 bits per heavy atom. The Labute approximate surface area is 203 Å². The van der Waals surface area contributed by atoms with Crippen molar-refractivity contribution in [3.05, 3.63) is 106 Å². The second-order valence-electron chi connectivity index (χ2n) is 7.84. The molecule has 178 valence electrons. The van der Waals surface area contributed by atoms with Gasteiger partial charge in [0.2, 0.25) is 5.89 Å². The van der Waals surface area contributed by atoms with E-state index in [0.717, 1.165) is 4.68 Å². The number of carbonyl (C=O) groups excluding carboxylic acids is 4. The maximum Gasteiger partial charge on any atom is 0.437 e. The lowest BCUT2D eigenvalue weighted by Crippen LogP contribution is -2.28. The van der Waals surface area contributed by atoms with Gasteiger partial charge < -0.3 is 14.5 Å². The summed E-state index contributed by atoms with van der Waals surface area (Å²) in [6.07, 6.45) is 0. The third kappa shape index (κ3) is 4.23. The highest BCUT2D eigenvalue weighted by molar-refractivity contribution is 6.30. The highest BCUT2D eigenvalue weighted by atomic mass is 16.5. The maximum atomic E-state index is 13.0. The van der Waals surface area contributed by atoms with E-state index in [1.807, 2.05) is 0 Å². The van der Waals surface area contributed by atoms with Gasteiger partial charge in [-0.25, -0.2) is 4.79 Å². The van der Waals surface area contributed by atoms with Crippen LogP contribution in [0.15, 0.2) is 82.0 Å². The lowest BCUT2D eigenvalue weighted by molar-refractivity contribution is -0.148. The van der Waals surface area contributed by atoms with Gasteiger partial charge in [-0.05, 0) is 18.2 Å². The molecule has 0 atom stereocenters. The molecule has 0 aliphatic heterocycles. The van der Waals surface area contributed by atoms with Crippen LogP contribution in [0, 0.1) is 0 Å². The summed E-state index contributed by atoms with van der Waals surface area (Å²) >= 11 is 0. The predicted octanol–water partition coefficient (Wildman–Crippen LogP) is 2.46. The molecule has 0 bridgehead atoms. The molecule has 1 aromatic heterocycles. The second-order valence-corrected chi connectivity index (χ2v) is 7.84. The Morgan fingerprint density at radius 1 is 0.833 bits per heavy atom. The number of anilines is 1. The maximum absolute atomic E-state index is 13.0. The molecule has 3 aromatic carbocycles. The number of carbonyl (C=O) groups is 4. The predicted molar refractivity (Wildman–Crippen MR) is 126 cm³/mol. The molecule has 10 nitrogen and oxygen atoms in total. The number of aromatic nitrogens is 2. The fourth-order valence-corrected chi connectivity index (χ4v) is 3.85. The topological polar surface area (TPSA) is 138 Å². The zero-order valence-electron chi connectivity index (χ0n) is 18.6. The van der Waals surface area contributed by atoms with Crippen molar-refractivity contribution in [2.45, 2.75) is 6.54 Å². The summed E-state index contributed by atoms with van der Waals surface area (Å²) in [7, 11) is 0. The molecular formula is C26H17N3O7. The van der Waals surface area contributed by atoms with Crippen LogP contribution in [0.5, 0.6) is 0 Å². The number of ketones is 2. The molecule has 0 unspecified atom stereocenters. The van der Waals surface area contributed by atoms with Crippen LogP contribution in [0.1, 0.15) is 31.8 Å². The highest BCUT2D eigenvalue weighted by Crippen LogP contribution is 2.31. The van der Waals surface area contributed by atoms with Crippen LogP contribution in [0.2, 0.25) is 0 Å². The van der Waals surface area contributed by atoms with E-state index in [1.165, 1.54) is 12.1 Å². The molecule has 1 aliphatic carbocycles. The van der Waals surface area contributed by atoms with Gasteiger partial charge in [0, 0.05) is 22.3 Å². The monoisotopic (exact) mass is 483 g/mol. The third-order valence-electron chi connectivity index (χ3n) is 5.50. The van der Waals surface area contributed by atoms with E-state index in [4.69, 9.17) is 9.15 Å². The Morgan fingerprint density at radius 3 is 2.25 bits per heavy atom. The number of nitrogens with zero attached hydrogens (tertiary/aromatic N) is 2. The highest BCUT2D eigenvalue weighted by Gasteiger charge is 2.31. The zero-order valence-corrected chi connectivity index (χ0v) is 18.6. The smallest absolute Gasteiger partial charge is 0.437 e. The van der Waals surface area contributed by atoms with Crippen molar-refractivity contribution in [2.75, 3.05) is 11.9 Å². The van der Waals surface area contributed by atoms with E-state index in [0.29, 0.717) is 11.1 Å². The molecule has 0 fully saturated rings. The summed E-state index contributed by atoms with van der Waals surface area (Å²) < 4.78 is 10.8. The molecule has 1 aliphatic rings. The number of hydrogen-bond acceptors (Lipinski definition) is 8. The molecule has 1 N–H and O–H groups in total. The minimum absolute atomic E-state index is 0.0424. The molecule has 5 rings (SSSR count). The summed E-state index contributed by atoms with van der Waals surface area (Å²) in [4.78, 5) is 62.5. The van der Waals surface area contributed by atoms with E-state index in [1.54, 1.807) is 60.7 Å². The number of nitrogens with one attached hydrogen (secondary N) is 1. The quantitative estimate of drug-likeness (QED) is 0.364. The normalized spacial score (nSPS) is 12.0. The van der Waals surface area contributed by atoms with Crippen LogP contribution in [-0.2, 0) is 20.9 Å². The first-order valence-corrected chi connectivity index (χ1v) is 10.8. The summed E-state index contributed by atoms with van der Waals surface area (Å²) in [6.45, 7) is -1.24. The minimum atomic E-state index is -0.893. The van der Waals surface area contributed by atoms with Gasteiger partial charge in [0.05, 0.1) is 11.3 Å². The fourth-order valence-electron chi connectivity index (χ4n) is 3.85. The lowest BCUT2D eigenvalue weighted by atomic mass is 9.83. The third-order valence-corrected chi connectivity index (χ3v) is 5.50. The molecule has 0 saturated heterocycles. The fraction of sp³-hybridized carbons (Fsp3) is 0.0769. The number of esters is 1. The van der Waals surface area contributed by atoms with Crippen molar-refractivity contribution < 1.29 is 28.3 Å². The van der Waals surface area contributed by atoms with Crippen LogP contribution in [-0.4, -0.2) is 39.8 Å². The minimum Gasteiger partial charge on any atom is -0.454 e. The molecule has 1 heterocycles. The summed E-state index contributed by atoms with van der Waals surface area (Å²) in [6, 6.07) is 19.6. The Hall–Kier alpha value is -5.12. The van der Waals surface area contributed by atoms with Gasteiger partial charge in [-0.3, -0.25) is 19.2 Å². The van der Waals surface area contributed by atoms with Crippen LogP contribution in [0.3, 0.4) is 0 Å². The van der Waals surface area contributed by atoms with Gasteiger partial charge in [-0.15, -0.1) is 5.10 Å². The summed E-state index contributed by atoms with van der Waals surface area (Å²) in [5.41, 5.74) is 1.48. The van der Waals surface area contributed by atoms with Gasteiger partial charge in [0.25, 0.3) is 5.91 Å². The first kappa shape index (κ1) is 22.7. The van der Waals surface area contributed by atoms with Crippen LogP contribution in [0.25, 0.3) is 11.5 Å². The van der Waals surface area contributed by atoms with Gasteiger partial charge in [-0.2, -0.15) is 4.68 Å². The van der Waals surface area contributed by atoms with E-state index in [-0.39, 0.29) is 34.1 Å². The van der Waals surface area contributed by atoms with Crippen molar-refractivity contribution in [1.82, 2.24) is 9.78 Å². The number of benzene rings is 3. The van der Waals surface area contributed by atoms with E-state index in [9.17, 15) is 24.0 Å². The van der Waals surface area contributed by atoms with Crippen LogP contribution < -0.4 is 11.1 Å². The standard InChI is InChI=1S/C26H17N3O7/c30-20(14-35-21(31)13-29-26(34)36-25(28-29)15-7-2-1-3-8-15)27-19-12-6-11-18-22(19)24(33)17-10-5-4-9-16(17)23(18)32/h1-12H,13-14H2,(H,27,30). The number of amides is 1. The number of ether oxygens (including phenoxy) is 1. The summed E-state index contributed by atoms with van der Waals surface area (Å²) in [5.74, 6) is -3.15. The molecule has 0 saturated carbocycles. The SMILES string of the molecule is O=C(COC(=O)Cn1nc(-c2ccccc2)oc1=O)Nc1cccc2c1C(=O)c1ccccc1C2=O. The van der Waals surface area contributed by atoms with Crippen molar-refractivity contribution in [1.29, 1.82) is 0 Å². The lowest BCUT2D eigenvalue weighted by Gasteiger charge is -2.20. The molecule has 10 heteroatoms. The summed E-state index contributed by atoms with van der Waals surface area (Å²) in [5, 5.41) is 6.48.